The third kappa shape index (κ3) is 5.10. The van der Waals surface area contributed by atoms with E-state index in [0.717, 1.165) is 44.2 Å². The Kier molecular flexibility index (Phi) is 6.34. The molecule has 3 N–H and O–H groups in total. The third-order valence-corrected chi connectivity index (χ3v) is 6.80. The molecular weight excluding hydrogens is 398 g/mol. The summed E-state index contributed by atoms with van der Waals surface area (Å²) in [5.41, 5.74) is 7.29. The van der Waals surface area contributed by atoms with Crippen LogP contribution in [-0.2, 0) is 16.0 Å². The Labute approximate surface area is 183 Å². The van der Waals surface area contributed by atoms with Gasteiger partial charge in [0.25, 0.3) is 0 Å². The van der Waals surface area contributed by atoms with E-state index in [1.165, 1.54) is 0 Å². The molecule has 3 heterocycles. The minimum absolute atomic E-state index is 0.0222. The highest BCUT2D eigenvalue weighted by Crippen LogP contribution is 2.35. The molecular formula is C22H33N5O4. The molecule has 1 aliphatic carbocycles. The Morgan fingerprint density at radius 2 is 2.13 bits per heavy atom. The zero-order valence-electron chi connectivity index (χ0n) is 18.5. The number of nitrogens with zero attached hydrogens (tertiary/aromatic N) is 2. The number of methoxy groups -OCH3 is 1. The van der Waals surface area contributed by atoms with Crippen LogP contribution in [-0.4, -0.2) is 59.4 Å². The predicted octanol–water partition coefficient (Wildman–Crippen LogP) is 1.73. The fourth-order valence-corrected chi connectivity index (χ4v) is 4.75. The quantitative estimate of drug-likeness (QED) is 0.630. The van der Waals surface area contributed by atoms with Crippen molar-refractivity contribution in [3.05, 3.63) is 23.9 Å². The van der Waals surface area contributed by atoms with Crippen LogP contribution in [0.2, 0.25) is 0 Å². The summed E-state index contributed by atoms with van der Waals surface area (Å²) in [7, 11) is 1.56. The van der Waals surface area contributed by atoms with Gasteiger partial charge < -0.3 is 19.7 Å². The maximum atomic E-state index is 12.4. The molecule has 2 aliphatic heterocycles. The molecule has 3 fully saturated rings. The van der Waals surface area contributed by atoms with Crippen molar-refractivity contribution in [2.75, 3.05) is 13.7 Å². The van der Waals surface area contributed by atoms with E-state index in [9.17, 15) is 9.59 Å². The number of hydrogen-bond acceptors (Lipinski definition) is 7. The lowest BCUT2D eigenvalue weighted by Crippen LogP contribution is -2.58. The van der Waals surface area contributed by atoms with E-state index in [4.69, 9.17) is 9.47 Å². The van der Waals surface area contributed by atoms with E-state index in [0.29, 0.717) is 11.8 Å². The van der Waals surface area contributed by atoms with Crippen LogP contribution in [0.15, 0.2) is 18.3 Å². The average Bonchev–Trinajstić information content (AvgIpc) is 3.36. The molecule has 0 aromatic carbocycles. The van der Waals surface area contributed by atoms with Gasteiger partial charge in [-0.05, 0) is 63.5 Å². The largest absolute Gasteiger partial charge is 0.481 e. The third-order valence-electron chi connectivity index (χ3n) is 6.80. The number of nitrogens with one attached hydrogen (secondary N) is 3. The van der Waals surface area contributed by atoms with Gasteiger partial charge in [0.1, 0.15) is 6.10 Å². The van der Waals surface area contributed by atoms with Crippen LogP contribution >= 0.6 is 0 Å². The van der Waals surface area contributed by atoms with Crippen molar-refractivity contribution in [3.8, 4) is 5.88 Å². The number of carbonyl (C=O) groups is 2. The van der Waals surface area contributed by atoms with Crippen molar-refractivity contribution in [3.63, 3.8) is 0 Å². The molecule has 0 spiro atoms. The van der Waals surface area contributed by atoms with Gasteiger partial charge in [0.05, 0.1) is 19.7 Å². The summed E-state index contributed by atoms with van der Waals surface area (Å²) in [6.45, 7) is 4.93. The van der Waals surface area contributed by atoms with Crippen molar-refractivity contribution in [2.45, 2.75) is 76.2 Å². The highest BCUT2D eigenvalue weighted by atomic mass is 16.6. The normalized spacial score (nSPS) is 29.3. The summed E-state index contributed by atoms with van der Waals surface area (Å²) >= 11 is 0. The number of hydrogen-bond donors (Lipinski definition) is 3. The van der Waals surface area contributed by atoms with Crippen LogP contribution in [0.5, 0.6) is 5.88 Å². The molecule has 31 heavy (non-hydrogen) atoms. The Hall–Kier alpha value is -2.39. The maximum Gasteiger partial charge on any atom is 0.410 e. The number of likely N-dealkylation sites (tertiary alicyclic amines) is 1. The number of aromatic nitrogens is 1. The summed E-state index contributed by atoms with van der Waals surface area (Å²) in [4.78, 5) is 30.7. The van der Waals surface area contributed by atoms with Crippen LogP contribution in [0.3, 0.4) is 0 Å². The first-order valence-corrected chi connectivity index (χ1v) is 11.1. The van der Waals surface area contributed by atoms with Gasteiger partial charge >= 0.3 is 6.09 Å². The zero-order chi connectivity index (χ0) is 22.0. The van der Waals surface area contributed by atoms with Gasteiger partial charge in [0.2, 0.25) is 11.8 Å². The molecule has 170 valence electrons. The second-order valence-corrected chi connectivity index (χ2v) is 9.43. The first-order valence-electron chi connectivity index (χ1n) is 11.1. The Bertz CT molecular complexity index is 817. The topological polar surface area (TPSA) is 105 Å². The molecule has 1 aromatic rings. The molecule has 4 atom stereocenters. The van der Waals surface area contributed by atoms with Crippen LogP contribution in [0.1, 0.15) is 51.5 Å². The van der Waals surface area contributed by atoms with E-state index in [1.807, 2.05) is 11.0 Å². The molecule has 1 aromatic heterocycles. The highest BCUT2D eigenvalue weighted by Gasteiger charge is 2.43. The van der Waals surface area contributed by atoms with Gasteiger partial charge in [-0.1, -0.05) is 0 Å². The van der Waals surface area contributed by atoms with Gasteiger partial charge in [0, 0.05) is 30.4 Å². The van der Waals surface area contributed by atoms with E-state index in [-0.39, 0.29) is 42.3 Å². The first kappa shape index (κ1) is 21.8. The standard InChI is InChI=1S/C22H33N5O4/c1-22(2)7-9-27(22)21(29)31-16-5-4-15(12-16)17-13-18(26-25-17)24-19(28)10-14-6-8-23-20(11-14)30-3/h6,8,11,15-18,25-26H,4-5,7,9-10,12-13H2,1-3H3,(H,24,28)/t15-,16+,17?,18?/m0/s1. The van der Waals surface area contributed by atoms with Crippen LogP contribution in [0.4, 0.5) is 4.79 Å². The van der Waals surface area contributed by atoms with E-state index >= 15 is 0 Å². The van der Waals surface area contributed by atoms with Crippen LogP contribution in [0.25, 0.3) is 0 Å². The molecule has 1 saturated carbocycles. The first-order chi connectivity index (χ1) is 14.8. The van der Waals surface area contributed by atoms with E-state index in [1.54, 1.807) is 19.4 Å². The van der Waals surface area contributed by atoms with Crippen molar-refractivity contribution < 1.29 is 19.1 Å². The lowest BCUT2D eigenvalue weighted by molar-refractivity contribution is -0.121. The number of ether oxygens (including phenoxy) is 2. The SMILES string of the molecule is COc1cc(CC(=O)NC2CC([C@H]3CC[C@@H](OC(=O)N4CCC4(C)C)C3)NN2)ccn1. The Balaban J connectivity index is 1.20. The van der Waals surface area contributed by atoms with Crippen LogP contribution < -0.4 is 20.9 Å². The minimum atomic E-state index is -0.183. The Morgan fingerprint density at radius 1 is 1.29 bits per heavy atom. The summed E-state index contributed by atoms with van der Waals surface area (Å²) in [5, 5.41) is 3.04. The summed E-state index contributed by atoms with van der Waals surface area (Å²) in [6, 6.07) is 3.83. The average molecular weight is 432 g/mol. The van der Waals surface area contributed by atoms with Crippen LogP contribution in [0, 0.1) is 5.92 Å². The lowest BCUT2D eigenvalue weighted by Gasteiger charge is -2.47. The molecule has 4 rings (SSSR count). The molecule has 3 aliphatic rings. The fraction of sp³-hybridized carbons (Fsp3) is 0.682. The molecule has 9 nitrogen and oxygen atoms in total. The lowest BCUT2D eigenvalue weighted by atomic mass is 9.90. The smallest absolute Gasteiger partial charge is 0.410 e. The molecule has 0 bridgehead atoms. The summed E-state index contributed by atoms with van der Waals surface area (Å²) in [5.74, 6) is 0.866. The maximum absolute atomic E-state index is 12.4. The number of amides is 2. The molecule has 2 saturated heterocycles. The minimum Gasteiger partial charge on any atom is -0.481 e. The van der Waals surface area contributed by atoms with Gasteiger partial charge in [-0.2, -0.15) is 0 Å². The molecule has 9 heteroatoms. The second-order valence-electron chi connectivity index (χ2n) is 9.43. The van der Waals surface area contributed by atoms with Gasteiger partial charge in [-0.25, -0.2) is 15.2 Å². The summed E-state index contributed by atoms with van der Waals surface area (Å²) < 4.78 is 10.9. The molecule has 2 amide bonds. The van der Waals surface area contributed by atoms with Crippen molar-refractivity contribution in [2.24, 2.45) is 5.92 Å². The Morgan fingerprint density at radius 3 is 2.84 bits per heavy atom. The molecule has 0 radical (unpaired) electrons. The van der Waals surface area contributed by atoms with Crippen molar-refractivity contribution >= 4 is 12.0 Å². The van der Waals surface area contributed by atoms with E-state index in [2.05, 4.69) is 35.0 Å². The predicted molar refractivity (Wildman–Crippen MR) is 114 cm³/mol. The monoisotopic (exact) mass is 431 g/mol. The fourth-order valence-electron chi connectivity index (χ4n) is 4.75. The molecule has 2 unspecified atom stereocenters. The number of carbonyl (C=O) groups excluding carboxylic acids is 2. The van der Waals surface area contributed by atoms with Gasteiger partial charge in [0.15, 0.2) is 0 Å². The number of hydrazine groups is 1. The van der Waals surface area contributed by atoms with Gasteiger partial charge in [-0.3, -0.25) is 10.2 Å². The van der Waals surface area contributed by atoms with Crippen molar-refractivity contribution in [1.82, 2.24) is 26.1 Å². The summed E-state index contributed by atoms with van der Waals surface area (Å²) in [6.07, 6.45) is 6.17. The zero-order valence-corrected chi connectivity index (χ0v) is 18.5. The highest BCUT2D eigenvalue weighted by molar-refractivity contribution is 5.78. The number of pyridine rings is 1. The van der Waals surface area contributed by atoms with E-state index < -0.39 is 0 Å². The van der Waals surface area contributed by atoms with Crippen molar-refractivity contribution in [1.29, 1.82) is 0 Å². The second kappa shape index (κ2) is 9.00. The number of rotatable bonds is 6. The van der Waals surface area contributed by atoms with Gasteiger partial charge in [-0.15, -0.1) is 0 Å².